The second kappa shape index (κ2) is 8.88. The van der Waals surface area contributed by atoms with Crippen LogP contribution in [0.5, 0.6) is 11.5 Å². The Morgan fingerprint density at radius 3 is 2.75 bits per heavy atom. The Kier molecular flexibility index (Phi) is 6.30. The lowest BCUT2D eigenvalue weighted by atomic mass is 10.1. The molecule has 0 unspecified atom stereocenters. The Labute approximate surface area is 170 Å². The first-order chi connectivity index (χ1) is 13.5. The highest BCUT2D eigenvalue weighted by Crippen LogP contribution is 2.36. The number of aryl methyl sites for hydroxylation is 1. The van der Waals surface area contributed by atoms with Crippen molar-refractivity contribution in [2.45, 2.75) is 20.5 Å². The minimum Gasteiger partial charge on any atom is -0.493 e. The van der Waals surface area contributed by atoms with E-state index >= 15 is 0 Å². The molecule has 0 aliphatic carbocycles. The number of carbonyl (C=O) groups is 1. The summed E-state index contributed by atoms with van der Waals surface area (Å²) in [6, 6.07) is 10.9. The van der Waals surface area contributed by atoms with Crippen LogP contribution in [0.25, 0.3) is 11.4 Å². The standard InChI is InChI=1S/C20H19BrN2O5/c1-4-26-18-15(21)9-13(10-16(18)25-3)20(24)27-11-17-22-19(23-28-17)14-8-6-5-7-12(14)2/h5-10H,4,11H2,1-3H3. The molecule has 1 aromatic heterocycles. The van der Waals surface area contributed by atoms with Gasteiger partial charge in [-0.25, -0.2) is 4.79 Å². The average molecular weight is 447 g/mol. The third-order valence-corrected chi connectivity index (χ3v) is 4.52. The zero-order valence-corrected chi connectivity index (χ0v) is 17.3. The lowest BCUT2D eigenvalue weighted by Gasteiger charge is -2.12. The van der Waals surface area contributed by atoms with Crippen molar-refractivity contribution in [3.05, 3.63) is 57.9 Å². The number of halogens is 1. The molecule has 28 heavy (non-hydrogen) atoms. The van der Waals surface area contributed by atoms with E-state index in [0.717, 1.165) is 11.1 Å². The molecule has 3 rings (SSSR count). The van der Waals surface area contributed by atoms with E-state index in [1.165, 1.54) is 7.11 Å². The number of methoxy groups -OCH3 is 1. The molecule has 0 aliphatic rings. The number of hydrogen-bond acceptors (Lipinski definition) is 7. The van der Waals surface area contributed by atoms with Gasteiger partial charge in [-0.15, -0.1) is 0 Å². The Morgan fingerprint density at radius 1 is 1.25 bits per heavy atom. The SMILES string of the molecule is CCOc1c(Br)cc(C(=O)OCc2nc(-c3ccccc3C)no2)cc1OC. The summed E-state index contributed by atoms with van der Waals surface area (Å²) < 4.78 is 21.9. The van der Waals surface area contributed by atoms with Gasteiger partial charge >= 0.3 is 5.97 Å². The van der Waals surface area contributed by atoms with Crippen molar-refractivity contribution >= 4 is 21.9 Å². The first-order valence-corrected chi connectivity index (χ1v) is 9.38. The summed E-state index contributed by atoms with van der Waals surface area (Å²) in [4.78, 5) is 16.7. The van der Waals surface area contributed by atoms with Gasteiger partial charge in [-0.3, -0.25) is 0 Å². The van der Waals surface area contributed by atoms with Crippen LogP contribution in [0.15, 0.2) is 45.4 Å². The van der Waals surface area contributed by atoms with E-state index in [2.05, 4.69) is 26.1 Å². The number of rotatable bonds is 7. The lowest BCUT2D eigenvalue weighted by Crippen LogP contribution is -2.07. The maximum atomic E-state index is 12.4. The highest BCUT2D eigenvalue weighted by Gasteiger charge is 2.18. The van der Waals surface area contributed by atoms with Gasteiger partial charge in [-0.05, 0) is 47.5 Å². The molecule has 0 aliphatic heterocycles. The normalized spacial score (nSPS) is 10.6. The quantitative estimate of drug-likeness (QED) is 0.491. The van der Waals surface area contributed by atoms with Crippen LogP contribution in [-0.4, -0.2) is 29.8 Å². The van der Waals surface area contributed by atoms with E-state index in [0.29, 0.717) is 34.0 Å². The molecule has 7 nitrogen and oxygen atoms in total. The number of nitrogens with zero attached hydrogens (tertiary/aromatic N) is 2. The average Bonchev–Trinajstić information content (AvgIpc) is 3.16. The topological polar surface area (TPSA) is 83.7 Å². The highest BCUT2D eigenvalue weighted by atomic mass is 79.9. The van der Waals surface area contributed by atoms with Crippen molar-refractivity contribution < 1.29 is 23.5 Å². The first-order valence-electron chi connectivity index (χ1n) is 8.59. The molecule has 3 aromatic rings. The maximum Gasteiger partial charge on any atom is 0.338 e. The van der Waals surface area contributed by atoms with Gasteiger partial charge in [0.25, 0.3) is 5.89 Å². The van der Waals surface area contributed by atoms with Crippen molar-refractivity contribution in [2.75, 3.05) is 13.7 Å². The van der Waals surface area contributed by atoms with Gasteiger partial charge in [0.2, 0.25) is 5.82 Å². The van der Waals surface area contributed by atoms with Gasteiger partial charge in [-0.1, -0.05) is 29.4 Å². The number of hydrogen-bond donors (Lipinski definition) is 0. The fourth-order valence-electron chi connectivity index (χ4n) is 2.58. The summed E-state index contributed by atoms with van der Waals surface area (Å²) in [6.45, 7) is 4.16. The fraction of sp³-hybridized carbons (Fsp3) is 0.250. The predicted molar refractivity (Wildman–Crippen MR) is 105 cm³/mol. The van der Waals surface area contributed by atoms with Crippen LogP contribution >= 0.6 is 15.9 Å². The van der Waals surface area contributed by atoms with Crippen LogP contribution in [0.1, 0.15) is 28.7 Å². The van der Waals surface area contributed by atoms with Crippen LogP contribution in [0.4, 0.5) is 0 Å². The molecule has 0 radical (unpaired) electrons. The molecular formula is C20H19BrN2O5. The molecule has 2 aromatic carbocycles. The molecule has 0 spiro atoms. The summed E-state index contributed by atoms with van der Waals surface area (Å²) in [5, 5.41) is 3.95. The van der Waals surface area contributed by atoms with E-state index in [9.17, 15) is 4.79 Å². The minimum atomic E-state index is -0.544. The van der Waals surface area contributed by atoms with Crippen molar-refractivity contribution in [1.82, 2.24) is 10.1 Å². The first kappa shape index (κ1) is 19.9. The number of ether oxygens (including phenoxy) is 3. The van der Waals surface area contributed by atoms with Gasteiger partial charge in [0.15, 0.2) is 18.1 Å². The van der Waals surface area contributed by atoms with E-state index < -0.39 is 5.97 Å². The van der Waals surface area contributed by atoms with Crippen molar-refractivity contribution in [3.8, 4) is 22.9 Å². The predicted octanol–water partition coefficient (Wildman–Crippen LogP) is 4.57. The molecule has 0 saturated carbocycles. The molecule has 8 heteroatoms. The zero-order valence-electron chi connectivity index (χ0n) is 15.7. The van der Waals surface area contributed by atoms with Crippen molar-refractivity contribution in [3.63, 3.8) is 0 Å². The Morgan fingerprint density at radius 2 is 2.04 bits per heavy atom. The molecule has 0 bridgehead atoms. The fourth-order valence-corrected chi connectivity index (χ4v) is 3.14. The number of esters is 1. The van der Waals surface area contributed by atoms with Crippen molar-refractivity contribution in [1.29, 1.82) is 0 Å². The van der Waals surface area contributed by atoms with E-state index in [-0.39, 0.29) is 12.5 Å². The summed E-state index contributed by atoms with van der Waals surface area (Å²) in [5.41, 5.74) is 2.20. The molecule has 0 saturated heterocycles. The van der Waals surface area contributed by atoms with Gasteiger partial charge in [0.05, 0.1) is 23.8 Å². The second-order valence-corrected chi connectivity index (χ2v) is 6.68. The van der Waals surface area contributed by atoms with Gasteiger partial charge in [-0.2, -0.15) is 4.98 Å². The van der Waals surface area contributed by atoms with E-state index in [1.807, 2.05) is 38.1 Å². The Hall–Kier alpha value is -2.87. The van der Waals surface area contributed by atoms with Gasteiger partial charge < -0.3 is 18.7 Å². The number of benzene rings is 2. The monoisotopic (exact) mass is 446 g/mol. The Bertz CT molecular complexity index is 986. The third kappa shape index (κ3) is 4.33. The van der Waals surface area contributed by atoms with E-state index in [4.69, 9.17) is 18.7 Å². The van der Waals surface area contributed by atoms with Crippen molar-refractivity contribution in [2.24, 2.45) is 0 Å². The van der Waals surface area contributed by atoms with Gasteiger partial charge in [0.1, 0.15) is 0 Å². The summed E-state index contributed by atoms with van der Waals surface area (Å²) >= 11 is 3.39. The molecule has 0 fully saturated rings. The summed E-state index contributed by atoms with van der Waals surface area (Å²) in [5.74, 6) is 1.08. The maximum absolute atomic E-state index is 12.4. The molecule has 0 N–H and O–H groups in total. The summed E-state index contributed by atoms with van der Waals surface area (Å²) in [6.07, 6.45) is 0. The van der Waals surface area contributed by atoms with Crippen LogP contribution in [0, 0.1) is 6.92 Å². The minimum absolute atomic E-state index is 0.134. The van der Waals surface area contributed by atoms with Crippen LogP contribution in [0.3, 0.4) is 0 Å². The molecule has 1 heterocycles. The van der Waals surface area contributed by atoms with Crippen LogP contribution in [0.2, 0.25) is 0 Å². The largest absolute Gasteiger partial charge is 0.493 e. The van der Waals surface area contributed by atoms with Crippen LogP contribution in [-0.2, 0) is 11.3 Å². The van der Waals surface area contributed by atoms with Crippen LogP contribution < -0.4 is 9.47 Å². The number of carbonyl (C=O) groups excluding carboxylic acids is 1. The smallest absolute Gasteiger partial charge is 0.338 e. The highest BCUT2D eigenvalue weighted by molar-refractivity contribution is 9.10. The molecule has 0 amide bonds. The van der Waals surface area contributed by atoms with E-state index in [1.54, 1.807) is 12.1 Å². The zero-order chi connectivity index (χ0) is 20.1. The molecular weight excluding hydrogens is 428 g/mol. The molecule has 146 valence electrons. The lowest BCUT2D eigenvalue weighted by molar-refractivity contribution is 0.0429. The molecule has 0 atom stereocenters. The summed E-state index contributed by atoms with van der Waals surface area (Å²) in [7, 11) is 1.50. The third-order valence-electron chi connectivity index (χ3n) is 3.93. The second-order valence-electron chi connectivity index (χ2n) is 5.83. The van der Waals surface area contributed by atoms with Gasteiger partial charge in [0, 0.05) is 5.56 Å². The Balaban J connectivity index is 1.71. The number of aromatic nitrogens is 2.